The summed E-state index contributed by atoms with van der Waals surface area (Å²) in [4.78, 5) is 4.26. The Labute approximate surface area is 107 Å². The Morgan fingerprint density at radius 2 is 1.53 bits per heavy atom. The van der Waals surface area contributed by atoms with Crippen LogP contribution in [0.3, 0.4) is 0 Å². The van der Waals surface area contributed by atoms with Crippen molar-refractivity contribution in [3.05, 3.63) is 37.9 Å². The third-order valence-electron chi connectivity index (χ3n) is 2.09. The predicted molar refractivity (Wildman–Crippen MR) is 66.5 cm³/mol. The second-order valence-electron chi connectivity index (χ2n) is 3.08. The first-order valence-electron chi connectivity index (χ1n) is 4.11. The highest BCUT2D eigenvalue weighted by Gasteiger charge is 2.13. The lowest BCUT2D eigenvalue weighted by atomic mass is 10.2. The zero-order chi connectivity index (χ0) is 11.2. The largest absolute Gasteiger partial charge is 0.250 e. The second kappa shape index (κ2) is 3.99. The number of aromatic nitrogens is 1. The van der Waals surface area contributed by atoms with Crippen LogP contribution in [0.5, 0.6) is 0 Å². The van der Waals surface area contributed by atoms with Gasteiger partial charge in [-0.05, 0) is 19.1 Å². The lowest BCUT2D eigenvalue weighted by Gasteiger charge is -2.08. The van der Waals surface area contributed by atoms with E-state index in [0.717, 1.165) is 0 Å². The van der Waals surface area contributed by atoms with Crippen LogP contribution in [0.1, 0.15) is 5.69 Å². The van der Waals surface area contributed by atoms with Crippen LogP contribution in [-0.2, 0) is 0 Å². The van der Waals surface area contributed by atoms with Gasteiger partial charge in [-0.2, -0.15) is 0 Å². The first kappa shape index (κ1) is 11.3. The van der Waals surface area contributed by atoms with Crippen molar-refractivity contribution in [1.82, 2.24) is 4.98 Å². The van der Waals surface area contributed by atoms with Gasteiger partial charge in [-0.15, -0.1) is 0 Å². The van der Waals surface area contributed by atoms with E-state index in [4.69, 9.17) is 46.4 Å². The van der Waals surface area contributed by atoms with Crippen molar-refractivity contribution in [2.24, 2.45) is 0 Å². The van der Waals surface area contributed by atoms with Gasteiger partial charge in [-0.1, -0.05) is 46.4 Å². The normalized spacial score (nSPS) is 11.0. The molecule has 0 spiro atoms. The molecule has 2 aromatic rings. The van der Waals surface area contributed by atoms with Crippen LogP contribution in [0.2, 0.25) is 20.1 Å². The molecule has 0 aliphatic rings. The summed E-state index contributed by atoms with van der Waals surface area (Å²) in [6.45, 7) is 1.77. The molecule has 0 saturated heterocycles. The van der Waals surface area contributed by atoms with Crippen LogP contribution in [0.15, 0.2) is 12.1 Å². The van der Waals surface area contributed by atoms with Crippen molar-refractivity contribution >= 4 is 57.3 Å². The smallest absolute Gasteiger partial charge is 0.0922 e. The van der Waals surface area contributed by atoms with Crippen LogP contribution < -0.4 is 0 Å². The molecule has 1 nitrogen and oxygen atoms in total. The quantitative estimate of drug-likeness (QED) is 0.650. The molecule has 1 heterocycles. The number of fused-ring (bicyclic) bond motifs is 1. The maximum Gasteiger partial charge on any atom is 0.0922 e. The van der Waals surface area contributed by atoms with E-state index in [1.54, 1.807) is 19.1 Å². The minimum Gasteiger partial charge on any atom is -0.250 e. The van der Waals surface area contributed by atoms with E-state index in [9.17, 15) is 0 Å². The Hall–Kier alpha value is -0.210. The average molecular weight is 281 g/mol. The van der Waals surface area contributed by atoms with Gasteiger partial charge in [0.1, 0.15) is 0 Å². The van der Waals surface area contributed by atoms with E-state index < -0.39 is 0 Å². The first-order chi connectivity index (χ1) is 7.02. The molecule has 1 aromatic heterocycles. The molecule has 0 N–H and O–H groups in total. The van der Waals surface area contributed by atoms with Crippen molar-refractivity contribution < 1.29 is 0 Å². The number of halogens is 4. The molecule has 0 amide bonds. The molecule has 0 radical (unpaired) electrons. The summed E-state index contributed by atoms with van der Waals surface area (Å²) in [5.41, 5.74) is 1.22. The van der Waals surface area contributed by atoms with E-state index >= 15 is 0 Å². The summed E-state index contributed by atoms with van der Waals surface area (Å²) in [7, 11) is 0. The molecule has 15 heavy (non-hydrogen) atoms. The van der Waals surface area contributed by atoms with E-state index in [2.05, 4.69) is 4.98 Å². The Kier molecular flexibility index (Phi) is 3.00. The first-order valence-corrected chi connectivity index (χ1v) is 5.63. The minimum absolute atomic E-state index is 0.395. The summed E-state index contributed by atoms with van der Waals surface area (Å²) in [6.07, 6.45) is 0. The Morgan fingerprint density at radius 3 is 2.20 bits per heavy atom. The number of benzene rings is 1. The number of hydrogen-bond acceptors (Lipinski definition) is 1. The fourth-order valence-electron chi connectivity index (χ4n) is 1.34. The van der Waals surface area contributed by atoms with Gasteiger partial charge < -0.3 is 0 Å². The van der Waals surface area contributed by atoms with Gasteiger partial charge in [0, 0.05) is 5.39 Å². The Bertz CT molecular complexity index is 551. The molecule has 0 aliphatic heterocycles. The van der Waals surface area contributed by atoms with Gasteiger partial charge in [0.2, 0.25) is 0 Å². The van der Waals surface area contributed by atoms with Crippen LogP contribution in [-0.4, -0.2) is 4.98 Å². The van der Waals surface area contributed by atoms with Gasteiger partial charge >= 0.3 is 0 Å². The van der Waals surface area contributed by atoms with E-state index in [0.29, 0.717) is 36.7 Å². The minimum atomic E-state index is 0.395. The van der Waals surface area contributed by atoms with Crippen molar-refractivity contribution in [2.45, 2.75) is 6.92 Å². The van der Waals surface area contributed by atoms with Crippen LogP contribution in [0, 0.1) is 6.92 Å². The third kappa shape index (κ3) is 1.78. The summed E-state index contributed by atoms with van der Waals surface area (Å²) >= 11 is 24.1. The molecule has 78 valence electrons. The SMILES string of the molecule is Cc1nc2c(Cl)ccc(Cl)c2c(Cl)c1Cl. The third-order valence-corrected chi connectivity index (χ3v) is 3.64. The van der Waals surface area contributed by atoms with Gasteiger partial charge in [0.25, 0.3) is 0 Å². The lowest BCUT2D eigenvalue weighted by Crippen LogP contribution is -1.89. The molecule has 2 rings (SSSR count). The van der Waals surface area contributed by atoms with E-state index in [1.165, 1.54) is 0 Å². The Balaban J connectivity index is 3.04. The lowest BCUT2D eigenvalue weighted by molar-refractivity contribution is 1.26. The average Bonchev–Trinajstić information content (AvgIpc) is 2.20. The van der Waals surface area contributed by atoms with Gasteiger partial charge in [0.05, 0.1) is 31.3 Å². The Morgan fingerprint density at radius 1 is 0.933 bits per heavy atom. The number of aryl methyl sites for hydroxylation is 1. The molecule has 0 bridgehead atoms. The van der Waals surface area contributed by atoms with Crippen molar-refractivity contribution in [2.75, 3.05) is 0 Å². The maximum absolute atomic E-state index is 6.09. The monoisotopic (exact) mass is 279 g/mol. The highest BCUT2D eigenvalue weighted by Crippen LogP contribution is 2.38. The standard InChI is InChI=1S/C10H5Cl4N/c1-4-8(13)9(14)7-5(11)2-3-6(12)10(7)15-4/h2-3H,1H3. The highest BCUT2D eigenvalue weighted by molar-refractivity contribution is 6.49. The fourth-order valence-corrected chi connectivity index (χ4v) is 2.30. The van der Waals surface area contributed by atoms with E-state index in [-0.39, 0.29) is 0 Å². The molecule has 0 saturated carbocycles. The van der Waals surface area contributed by atoms with Gasteiger partial charge in [-0.25, -0.2) is 4.98 Å². The van der Waals surface area contributed by atoms with E-state index in [1.807, 2.05) is 0 Å². The summed E-state index contributed by atoms with van der Waals surface area (Å²) in [5, 5.41) is 2.41. The van der Waals surface area contributed by atoms with Crippen molar-refractivity contribution in [3.63, 3.8) is 0 Å². The van der Waals surface area contributed by atoms with Crippen LogP contribution in [0.4, 0.5) is 0 Å². The van der Waals surface area contributed by atoms with Gasteiger partial charge in [-0.3, -0.25) is 0 Å². The highest BCUT2D eigenvalue weighted by atomic mass is 35.5. The molecule has 5 heteroatoms. The molecular formula is C10H5Cl4N. The number of pyridine rings is 1. The topological polar surface area (TPSA) is 12.9 Å². The molecule has 0 fully saturated rings. The summed E-state index contributed by atoms with van der Waals surface area (Å²) in [6, 6.07) is 3.36. The zero-order valence-electron chi connectivity index (χ0n) is 7.61. The van der Waals surface area contributed by atoms with Gasteiger partial charge in [0.15, 0.2) is 0 Å². The van der Waals surface area contributed by atoms with Crippen LogP contribution in [0.25, 0.3) is 10.9 Å². The summed E-state index contributed by atoms with van der Waals surface area (Å²) in [5.74, 6) is 0. The molecular weight excluding hydrogens is 276 g/mol. The molecule has 0 unspecified atom stereocenters. The number of nitrogens with zero attached hydrogens (tertiary/aromatic N) is 1. The molecule has 1 aromatic carbocycles. The predicted octanol–water partition coefficient (Wildman–Crippen LogP) is 5.16. The zero-order valence-corrected chi connectivity index (χ0v) is 10.6. The second-order valence-corrected chi connectivity index (χ2v) is 4.65. The summed E-state index contributed by atoms with van der Waals surface area (Å²) < 4.78 is 0. The number of hydrogen-bond donors (Lipinski definition) is 0. The molecule has 0 atom stereocenters. The maximum atomic E-state index is 6.09. The molecule has 0 aliphatic carbocycles. The van der Waals surface area contributed by atoms with Crippen LogP contribution >= 0.6 is 46.4 Å². The van der Waals surface area contributed by atoms with Crippen molar-refractivity contribution in [1.29, 1.82) is 0 Å². The number of rotatable bonds is 0. The fraction of sp³-hybridized carbons (Fsp3) is 0.100. The van der Waals surface area contributed by atoms with Crippen molar-refractivity contribution in [3.8, 4) is 0 Å².